The Labute approximate surface area is 341 Å². The number of hydrogen-bond acceptors (Lipinski definition) is 7. The van der Waals surface area contributed by atoms with Gasteiger partial charge in [0.1, 0.15) is 29.9 Å². The van der Waals surface area contributed by atoms with Crippen molar-refractivity contribution in [2.75, 3.05) is 20.3 Å². The van der Waals surface area contributed by atoms with Crippen molar-refractivity contribution < 1.29 is 41.9 Å². The van der Waals surface area contributed by atoms with E-state index < -0.39 is 19.0 Å². The molecule has 0 aliphatic rings. The van der Waals surface area contributed by atoms with E-state index in [0.717, 1.165) is 75.9 Å². The average Bonchev–Trinajstić information content (AvgIpc) is 3.53. The number of fused-ring (bicyclic) bond motifs is 5. The number of benzene rings is 5. The Kier molecular flexibility index (Phi) is 13.6. The van der Waals surface area contributed by atoms with Gasteiger partial charge in [0, 0.05) is 57.5 Å². The molecule has 0 saturated carbocycles. The summed E-state index contributed by atoms with van der Waals surface area (Å²) in [5, 5.41) is 17.7. The molecule has 2 atom stereocenters. The highest BCUT2D eigenvalue weighted by atomic mass is 19.3. The highest BCUT2D eigenvalue weighted by Crippen LogP contribution is 2.39. The van der Waals surface area contributed by atoms with Crippen LogP contribution < -0.4 is 15.0 Å². The number of oxime groups is 1. The van der Waals surface area contributed by atoms with Crippen molar-refractivity contribution >= 4 is 44.1 Å². The number of ketones is 1. The second-order valence-electron chi connectivity index (χ2n) is 15.2. The smallest absolute Gasteiger partial charge is 0.340 e. The Morgan fingerprint density at radius 3 is 2.22 bits per heavy atom. The third-order valence-corrected chi connectivity index (χ3v) is 10.9. The molecule has 0 spiro atoms. The van der Waals surface area contributed by atoms with Gasteiger partial charge in [-0.3, -0.25) is 9.63 Å². The van der Waals surface area contributed by atoms with Crippen molar-refractivity contribution in [3.8, 4) is 11.5 Å². The number of alkyl halides is 4. The van der Waals surface area contributed by atoms with Gasteiger partial charge >= 0.3 is 12.3 Å². The molecule has 0 bridgehead atoms. The van der Waals surface area contributed by atoms with Crippen LogP contribution in [0.25, 0.3) is 32.6 Å². The van der Waals surface area contributed by atoms with E-state index in [-0.39, 0.29) is 17.6 Å². The summed E-state index contributed by atoms with van der Waals surface area (Å²) < 4.78 is 66.2. The number of carbonyl (C=O) groups is 1. The zero-order chi connectivity index (χ0) is 42.4. The van der Waals surface area contributed by atoms with Gasteiger partial charge in [-0.2, -0.15) is 8.78 Å². The zero-order valence-corrected chi connectivity index (χ0v) is 34.3. The van der Waals surface area contributed by atoms with Gasteiger partial charge in [0.05, 0.1) is 5.52 Å². The summed E-state index contributed by atoms with van der Waals surface area (Å²) in [6.07, 6.45) is 0.193. The standard InChI is InChI=1S/C47H51F4N3O5/c1-7-9-12-31(8-2)25-54-42-20-15-32(43(53-56)35-18-17-34(22-28(35)3)59-30(5)26-58-52-6)23-39(42)40-24-41(37-13-10-11-14-38(37)44(40)54)45(55)36-19-16-33(21-29(36)4)57-27-47(50,51)46(48)49/h10-11,13-24,30-31,46,52,56H,7-9,12,25-27H2,1-6H3/b53-43+. The van der Waals surface area contributed by atoms with Crippen LogP contribution >= 0.6 is 0 Å². The third-order valence-electron chi connectivity index (χ3n) is 10.9. The number of rotatable bonds is 19. The summed E-state index contributed by atoms with van der Waals surface area (Å²) in [4.78, 5) is 19.8. The summed E-state index contributed by atoms with van der Waals surface area (Å²) in [6.45, 7) is 9.51. The topological polar surface area (TPSA) is 94.3 Å². The molecule has 2 unspecified atom stereocenters. The quantitative estimate of drug-likeness (QED) is 0.0278. The Balaban J connectivity index is 1.49. The minimum Gasteiger partial charge on any atom is -0.488 e. The second-order valence-corrected chi connectivity index (χ2v) is 15.2. The highest BCUT2D eigenvalue weighted by molar-refractivity contribution is 6.27. The summed E-state index contributed by atoms with van der Waals surface area (Å²) in [5.41, 5.74) is 8.41. The Hall–Kier alpha value is -5.46. The highest BCUT2D eigenvalue weighted by Gasteiger charge is 2.41. The van der Waals surface area contributed by atoms with Gasteiger partial charge in [0.15, 0.2) is 12.4 Å². The van der Waals surface area contributed by atoms with Crippen molar-refractivity contribution in [1.29, 1.82) is 0 Å². The minimum absolute atomic E-state index is 0.0451. The number of halogens is 4. The molecule has 0 amide bonds. The van der Waals surface area contributed by atoms with Gasteiger partial charge in [-0.1, -0.05) is 68.6 Å². The van der Waals surface area contributed by atoms with Gasteiger partial charge in [0.25, 0.3) is 0 Å². The fraction of sp³-hybridized carbons (Fsp3) is 0.362. The van der Waals surface area contributed by atoms with Crippen LogP contribution in [-0.2, 0) is 11.4 Å². The number of unbranched alkanes of at least 4 members (excludes halogenated alkanes) is 1. The molecule has 59 heavy (non-hydrogen) atoms. The number of hydrogen-bond donors (Lipinski definition) is 2. The van der Waals surface area contributed by atoms with Crippen LogP contribution in [0.1, 0.15) is 84.6 Å². The van der Waals surface area contributed by atoms with Gasteiger partial charge < -0.3 is 19.2 Å². The summed E-state index contributed by atoms with van der Waals surface area (Å²) in [7, 11) is 1.69. The van der Waals surface area contributed by atoms with Crippen LogP contribution in [-0.4, -0.2) is 60.0 Å². The molecule has 312 valence electrons. The van der Waals surface area contributed by atoms with E-state index in [4.69, 9.17) is 14.3 Å². The first kappa shape index (κ1) is 43.1. The number of ether oxygens (including phenoxy) is 2. The van der Waals surface area contributed by atoms with E-state index in [9.17, 15) is 27.6 Å². The third kappa shape index (κ3) is 9.24. The van der Waals surface area contributed by atoms with Crippen molar-refractivity contribution in [3.63, 3.8) is 0 Å². The predicted octanol–water partition coefficient (Wildman–Crippen LogP) is 11.4. The zero-order valence-electron chi connectivity index (χ0n) is 34.3. The minimum atomic E-state index is -4.31. The number of nitrogens with one attached hydrogen (secondary N) is 1. The molecule has 0 aliphatic heterocycles. The van der Waals surface area contributed by atoms with Gasteiger partial charge in [0.2, 0.25) is 0 Å². The molecule has 1 aromatic heterocycles. The Morgan fingerprint density at radius 1 is 0.864 bits per heavy atom. The SMILES string of the molecule is CCCCC(CC)Cn1c2ccc(/C(=N\O)c3ccc(OC(C)CONC)cc3C)cc2c2cc(C(=O)c3ccc(OCC(F)(F)C(F)F)cc3C)c3ccccc3c21. The van der Waals surface area contributed by atoms with Crippen molar-refractivity contribution in [3.05, 3.63) is 118 Å². The summed E-state index contributed by atoms with van der Waals surface area (Å²) in [6, 6.07) is 25.5. The van der Waals surface area contributed by atoms with Gasteiger partial charge in [-0.15, -0.1) is 0 Å². The number of carbonyl (C=O) groups excluding carboxylic acids is 1. The van der Waals surface area contributed by atoms with Crippen molar-refractivity contribution in [2.45, 2.75) is 85.3 Å². The average molecular weight is 814 g/mol. The molecule has 8 nitrogen and oxygen atoms in total. The molecule has 12 heteroatoms. The predicted molar refractivity (Wildman–Crippen MR) is 225 cm³/mol. The normalized spacial score (nSPS) is 13.4. The molecular formula is C47H51F4N3O5. The van der Waals surface area contributed by atoms with Gasteiger partial charge in [-0.25, -0.2) is 14.3 Å². The Morgan fingerprint density at radius 2 is 1.56 bits per heavy atom. The van der Waals surface area contributed by atoms with Crippen LogP contribution in [0.15, 0.2) is 90.1 Å². The molecule has 5 aromatic carbocycles. The maximum atomic E-state index is 14.6. The monoisotopic (exact) mass is 813 g/mol. The second kappa shape index (κ2) is 18.6. The molecule has 0 aliphatic carbocycles. The lowest BCUT2D eigenvalue weighted by Crippen LogP contribution is -2.33. The van der Waals surface area contributed by atoms with Crippen LogP contribution in [0.2, 0.25) is 0 Å². The Bertz CT molecular complexity index is 2480. The first-order valence-corrected chi connectivity index (χ1v) is 20.0. The summed E-state index contributed by atoms with van der Waals surface area (Å²) in [5.74, 6) is -3.60. The number of hydroxylamine groups is 1. The molecular weight excluding hydrogens is 763 g/mol. The van der Waals surface area contributed by atoms with Crippen LogP contribution in [0.4, 0.5) is 17.6 Å². The molecule has 0 fully saturated rings. The first-order chi connectivity index (χ1) is 28.3. The maximum absolute atomic E-state index is 14.6. The lowest BCUT2D eigenvalue weighted by molar-refractivity contribution is -0.148. The lowest BCUT2D eigenvalue weighted by Gasteiger charge is -2.19. The van der Waals surface area contributed by atoms with E-state index in [0.29, 0.717) is 46.2 Å². The molecule has 1 heterocycles. The maximum Gasteiger partial charge on any atom is 0.340 e. The van der Waals surface area contributed by atoms with E-state index in [1.807, 2.05) is 74.5 Å². The molecule has 6 rings (SSSR count). The number of aromatic nitrogens is 1. The molecule has 0 saturated heterocycles. The van der Waals surface area contributed by atoms with Crippen molar-refractivity contribution in [2.24, 2.45) is 11.1 Å². The van der Waals surface area contributed by atoms with Crippen molar-refractivity contribution in [1.82, 2.24) is 10.0 Å². The molecule has 6 aromatic rings. The molecule has 2 N–H and O–H groups in total. The van der Waals surface area contributed by atoms with Crippen LogP contribution in [0.3, 0.4) is 0 Å². The number of aryl methyl sites for hydroxylation is 2. The van der Waals surface area contributed by atoms with E-state index in [2.05, 4.69) is 35.1 Å². The van der Waals surface area contributed by atoms with Crippen LogP contribution in [0, 0.1) is 19.8 Å². The van der Waals surface area contributed by atoms with Gasteiger partial charge in [-0.05, 0) is 104 Å². The largest absolute Gasteiger partial charge is 0.488 e. The van der Waals surface area contributed by atoms with Crippen LogP contribution in [0.5, 0.6) is 11.5 Å². The molecule has 0 radical (unpaired) electrons. The van der Waals surface area contributed by atoms with E-state index >= 15 is 0 Å². The van der Waals surface area contributed by atoms with E-state index in [1.165, 1.54) is 18.2 Å². The summed E-state index contributed by atoms with van der Waals surface area (Å²) >= 11 is 0. The number of nitrogens with zero attached hydrogens (tertiary/aromatic N) is 2. The van der Waals surface area contributed by atoms with E-state index in [1.54, 1.807) is 14.0 Å². The lowest BCUT2D eigenvalue weighted by atomic mass is 9.92. The first-order valence-electron chi connectivity index (χ1n) is 20.0. The fourth-order valence-electron chi connectivity index (χ4n) is 7.74. The fourth-order valence-corrected chi connectivity index (χ4v) is 7.74.